The van der Waals surface area contributed by atoms with Crippen molar-refractivity contribution in [2.75, 3.05) is 25.5 Å². The molecule has 18 heavy (non-hydrogen) atoms. The Bertz CT molecular complexity index is 318. The third kappa shape index (κ3) is 5.09. The molecule has 0 fully saturated rings. The summed E-state index contributed by atoms with van der Waals surface area (Å²) in [5.41, 5.74) is 2.74. The van der Waals surface area contributed by atoms with Crippen LogP contribution in [0.4, 0.5) is 5.69 Å². The summed E-state index contributed by atoms with van der Waals surface area (Å²) in [6.07, 6.45) is 4.93. The third-order valence-corrected chi connectivity index (χ3v) is 3.66. The van der Waals surface area contributed by atoms with Crippen molar-refractivity contribution >= 4 is 5.69 Å². The van der Waals surface area contributed by atoms with Crippen LogP contribution < -0.4 is 10.2 Å². The molecule has 1 rings (SSSR count). The molecule has 1 unspecified atom stereocenters. The molecule has 1 N–H and O–H groups in total. The van der Waals surface area contributed by atoms with E-state index in [0.29, 0.717) is 6.04 Å². The normalized spacial score (nSPS) is 12.4. The molecule has 2 nitrogen and oxygen atoms in total. The Balaban J connectivity index is 2.29. The predicted molar refractivity (Wildman–Crippen MR) is 81.5 cm³/mol. The molecule has 1 aromatic rings. The Hall–Kier alpha value is -1.02. The molecule has 0 aliphatic rings. The highest BCUT2D eigenvalue weighted by Gasteiger charge is 2.02. The minimum absolute atomic E-state index is 0.638. The predicted octanol–water partition coefficient (Wildman–Crippen LogP) is 3.46. The van der Waals surface area contributed by atoms with E-state index >= 15 is 0 Å². The number of aryl methyl sites for hydroxylation is 1. The van der Waals surface area contributed by atoms with E-state index in [1.807, 2.05) is 7.05 Å². The van der Waals surface area contributed by atoms with Crippen LogP contribution in [0.15, 0.2) is 24.3 Å². The van der Waals surface area contributed by atoms with Crippen LogP contribution in [0.25, 0.3) is 0 Å². The van der Waals surface area contributed by atoms with Gasteiger partial charge in [0.05, 0.1) is 0 Å². The zero-order valence-electron chi connectivity index (χ0n) is 12.4. The number of nitrogens with one attached hydrogen (secondary N) is 1. The molecule has 0 spiro atoms. The minimum atomic E-state index is 0.638. The van der Waals surface area contributed by atoms with Crippen molar-refractivity contribution < 1.29 is 0 Å². The van der Waals surface area contributed by atoms with Crippen LogP contribution in [0.5, 0.6) is 0 Å². The summed E-state index contributed by atoms with van der Waals surface area (Å²) in [6, 6.07) is 9.56. The maximum absolute atomic E-state index is 3.28. The summed E-state index contributed by atoms with van der Waals surface area (Å²) in [7, 11) is 4.22. The number of anilines is 1. The summed E-state index contributed by atoms with van der Waals surface area (Å²) >= 11 is 0. The number of benzene rings is 1. The fourth-order valence-corrected chi connectivity index (χ4v) is 2.06. The molecule has 0 heterocycles. The Labute approximate surface area is 112 Å². The molecule has 0 aliphatic heterocycles. The lowest BCUT2D eigenvalue weighted by molar-refractivity contribution is 0.528. The maximum Gasteiger partial charge on any atom is 0.0363 e. The summed E-state index contributed by atoms with van der Waals surface area (Å²) in [6.45, 7) is 5.58. The van der Waals surface area contributed by atoms with Crippen LogP contribution in [-0.4, -0.2) is 26.7 Å². The molecule has 0 saturated carbocycles. The second-order valence-corrected chi connectivity index (χ2v) is 5.13. The highest BCUT2D eigenvalue weighted by molar-refractivity contribution is 5.46. The van der Waals surface area contributed by atoms with Crippen molar-refractivity contribution in [3.05, 3.63) is 29.8 Å². The van der Waals surface area contributed by atoms with E-state index in [9.17, 15) is 0 Å². The van der Waals surface area contributed by atoms with Crippen LogP contribution in [-0.2, 0) is 6.42 Å². The lowest BCUT2D eigenvalue weighted by Gasteiger charge is -2.20. The van der Waals surface area contributed by atoms with Crippen LogP contribution in [0.3, 0.4) is 0 Å². The largest absolute Gasteiger partial charge is 0.375 e. The fraction of sp³-hybridized carbons (Fsp3) is 0.625. The van der Waals surface area contributed by atoms with Crippen molar-refractivity contribution in [2.45, 2.75) is 45.6 Å². The molecular weight excluding hydrogens is 220 g/mol. The zero-order valence-corrected chi connectivity index (χ0v) is 12.4. The first-order valence-electron chi connectivity index (χ1n) is 7.14. The van der Waals surface area contributed by atoms with E-state index in [2.05, 4.69) is 55.4 Å². The van der Waals surface area contributed by atoms with Gasteiger partial charge in [0.25, 0.3) is 0 Å². The standard InChI is InChI=1S/C16H28N2/c1-5-15-9-11-16(12-10-15)18(4)13-7-6-8-14(2)17-3/h9-12,14,17H,5-8,13H2,1-4H3. The van der Waals surface area contributed by atoms with Crippen LogP contribution in [0.2, 0.25) is 0 Å². The smallest absolute Gasteiger partial charge is 0.0363 e. The monoisotopic (exact) mass is 248 g/mol. The molecule has 0 amide bonds. The molecule has 0 aromatic heterocycles. The molecule has 0 radical (unpaired) electrons. The molecule has 102 valence electrons. The van der Waals surface area contributed by atoms with Crippen LogP contribution in [0, 0.1) is 0 Å². The number of nitrogens with zero attached hydrogens (tertiary/aromatic N) is 1. The molecule has 2 heteroatoms. The van der Waals surface area contributed by atoms with E-state index in [4.69, 9.17) is 0 Å². The van der Waals surface area contributed by atoms with Crippen molar-refractivity contribution in [1.82, 2.24) is 5.32 Å². The van der Waals surface area contributed by atoms with Crippen molar-refractivity contribution in [2.24, 2.45) is 0 Å². The van der Waals surface area contributed by atoms with Gasteiger partial charge in [-0.3, -0.25) is 0 Å². The quantitative estimate of drug-likeness (QED) is 0.709. The van der Waals surface area contributed by atoms with Gasteiger partial charge in [0, 0.05) is 25.3 Å². The second kappa shape index (κ2) is 8.15. The minimum Gasteiger partial charge on any atom is -0.375 e. The Kier molecular flexibility index (Phi) is 6.81. The van der Waals surface area contributed by atoms with Gasteiger partial charge >= 0.3 is 0 Å². The average molecular weight is 248 g/mol. The summed E-state index contributed by atoms with van der Waals surface area (Å²) in [5.74, 6) is 0. The maximum atomic E-state index is 3.28. The Morgan fingerprint density at radius 3 is 2.39 bits per heavy atom. The van der Waals surface area contributed by atoms with Gasteiger partial charge in [0.1, 0.15) is 0 Å². The van der Waals surface area contributed by atoms with E-state index in [-0.39, 0.29) is 0 Å². The number of hydrogen-bond acceptors (Lipinski definition) is 2. The Morgan fingerprint density at radius 2 is 1.83 bits per heavy atom. The van der Waals surface area contributed by atoms with Gasteiger partial charge in [-0.1, -0.05) is 25.5 Å². The van der Waals surface area contributed by atoms with Gasteiger partial charge in [-0.15, -0.1) is 0 Å². The molecule has 0 aliphatic carbocycles. The van der Waals surface area contributed by atoms with Crippen LogP contribution in [0.1, 0.15) is 38.7 Å². The first-order valence-corrected chi connectivity index (χ1v) is 7.14. The Morgan fingerprint density at radius 1 is 1.17 bits per heavy atom. The summed E-state index contributed by atoms with van der Waals surface area (Å²) in [4.78, 5) is 2.35. The number of rotatable bonds is 8. The third-order valence-electron chi connectivity index (χ3n) is 3.66. The number of hydrogen-bond donors (Lipinski definition) is 1. The van der Waals surface area contributed by atoms with Crippen molar-refractivity contribution in [1.29, 1.82) is 0 Å². The molecule has 0 saturated heterocycles. The molecule has 1 aromatic carbocycles. The van der Waals surface area contributed by atoms with Gasteiger partial charge < -0.3 is 10.2 Å². The average Bonchev–Trinajstić information content (AvgIpc) is 2.43. The lowest BCUT2D eigenvalue weighted by atomic mass is 10.1. The number of unbranched alkanes of at least 4 members (excludes halogenated alkanes) is 1. The first kappa shape index (κ1) is 15.0. The van der Waals surface area contributed by atoms with E-state index in [1.165, 1.54) is 30.5 Å². The van der Waals surface area contributed by atoms with Gasteiger partial charge in [0.2, 0.25) is 0 Å². The van der Waals surface area contributed by atoms with Gasteiger partial charge in [-0.2, -0.15) is 0 Å². The van der Waals surface area contributed by atoms with Crippen molar-refractivity contribution in [3.63, 3.8) is 0 Å². The molecule has 1 atom stereocenters. The SMILES string of the molecule is CCc1ccc(N(C)CCCCC(C)NC)cc1. The van der Waals surface area contributed by atoms with E-state index < -0.39 is 0 Å². The molecule has 0 bridgehead atoms. The zero-order chi connectivity index (χ0) is 13.4. The first-order chi connectivity index (χ1) is 8.67. The summed E-state index contributed by atoms with van der Waals surface area (Å²) in [5, 5.41) is 3.28. The lowest BCUT2D eigenvalue weighted by Crippen LogP contribution is -2.22. The summed E-state index contributed by atoms with van der Waals surface area (Å²) < 4.78 is 0. The van der Waals surface area contributed by atoms with Crippen LogP contribution >= 0.6 is 0 Å². The topological polar surface area (TPSA) is 15.3 Å². The highest BCUT2D eigenvalue weighted by Crippen LogP contribution is 2.15. The van der Waals surface area contributed by atoms with E-state index in [1.54, 1.807) is 0 Å². The van der Waals surface area contributed by atoms with Crippen molar-refractivity contribution in [3.8, 4) is 0 Å². The molecular formula is C16H28N2. The van der Waals surface area contributed by atoms with Gasteiger partial charge in [-0.25, -0.2) is 0 Å². The van der Waals surface area contributed by atoms with E-state index in [0.717, 1.165) is 13.0 Å². The van der Waals surface area contributed by atoms with Gasteiger partial charge in [-0.05, 0) is 50.9 Å². The highest BCUT2D eigenvalue weighted by atomic mass is 15.1. The van der Waals surface area contributed by atoms with Gasteiger partial charge in [0.15, 0.2) is 0 Å². The fourth-order valence-electron chi connectivity index (χ4n) is 2.06. The second-order valence-electron chi connectivity index (χ2n) is 5.13.